The Morgan fingerprint density at radius 1 is 1.56 bits per heavy atom. The molecule has 0 unspecified atom stereocenters. The van der Waals surface area contributed by atoms with E-state index in [9.17, 15) is 9.18 Å². The van der Waals surface area contributed by atoms with Gasteiger partial charge in [0, 0.05) is 11.1 Å². The summed E-state index contributed by atoms with van der Waals surface area (Å²) >= 11 is 3.28. The molecule has 2 aromatic rings. The minimum absolute atomic E-state index is 0.209. The fourth-order valence-electron chi connectivity index (χ4n) is 2.53. The highest BCUT2D eigenvalue weighted by Crippen LogP contribution is 2.47. The molecule has 1 aromatic heterocycles. The first-order chi connectivity index (χ1) is 8.50. The van der Waals surface area contributed by atoms with Gasteiger partial charge in [0.2, 0.25) is 0 Å². The van der Waals surface area contributed by atoms with Gasteiger partial charge in [0.1, 0.15) is 5.82 Å². The average Bonchev–Trinajstić information content (AvgIpc) is 3.07. The second-order valence-electron chi connectivity index (χ2n) is 4.77. The number of rotatable bonds is 2. The molecule has 5 heteroatoms. The highest BCUT2D eigenvalue weighted by Gasteiger charge is 2.31. The first-order valence-electron chi connectivity index (χ1n) is 5.80. The monoisotopic (exact) mass is 310 g/mol. The number of carbonyl (C=O) groups excluding carboxylic acids is 1. The first kappa shape index (κ1) is 11.7. The van der Waals surface area contributed by atoms with Crippen LogP contribution in [0, 0.1) is 12.7 Å². The number of carbonyl (C=O) groups is 1. The molecule has 3 N–H and O–H groups in total. The molecule has 3 rings (SSSR count). The lowest BCUT2D eigenvalue weighted by Crippen LogP contribution is -2.12. The molecule has 0 radical (unpaired) electrons. The van der Waals surface area contributed by atoms with Gasteiger partial charge in [-0.15, -0.1) is 0 Å². The first-order valence-corrected chi connectivity index (χ1v) is 6.60. The van der Waals surface area contributed by atoms with Gasteiger partial charge in [-0.1, -0.05) is 0 Å². The predicted octanol–water partition coefficient (Wildman–Crippen LogP) is 3.35. The number of hydrogen-bond donors (Lipinski definition) is 2. The fraction of sp³-hybridized carbons (Fsp3) is 0.308. The van der Waals surface area contributed by atoms with E-state index in [4.69, 9.17) is 5.73 Å². The van der Waals surface area contributed by atoms with Gasteiger partial charge in [-0.2, -0.15) is 0 Å². The quantitative estimate of drug-likeness (QED) is 0.878. The lowest BCUT2D eigenvalue weighted by Gasteiger charge is -2.04. The van der Waals surface area contributed by atoms with Crippen LogP contribution in [-0.4, -0.2) is 10.9 Å². The molecule has 18 heavy (non-hydrogen) atoms. The SMILES string of the molecule is Cc1[nH]c2c(C(N)=O)cc(F)c(Br)c2c1C1CC1. The summed E-state index contributed by atoms with van der Waals surface area (Å²) in [4.78, 5) is 14.6. The number of nitrogens with one attached hydrogen (secondary N) is 1. The van der Waals surface area contributed by atoms with Crippen LogP contribution in [-0.2, 0) is 0 Å². The summed E-state index contributed by atoms with van der Waals surface area (Å²) in [5, 5.41) is 0.767. The van der Waals surface area contributed by atoms with Gasteiger partial charge >= 0.3 is 0 Å². The van der Waals surface area contributed by atoms with Crippen molar-refractivity contribution < 1.29 is 9.18 Å². The van der Waals surface area contributed by atoms with Crippen molar-refractivity contribution in [2.45, 2.75) is 25.7 Å². The second-order valence-corrected chi connectivity index (χ2v) is 5.57. The number of aromatic nitrogens is 1. The van der Waals surface area contributed by atoms with E-state index in [1.807, 2.05) is 6.92 Å². The molecule has 3 nitrogen and oxygen atoms in total. The number of halogens is 2. The van der Waals surface area contributed by atoms with E-state index in [0.717, 1.165) is 29.5 Å². The largest absolute Gasteiger partial charge is 0.366 e. The second kappa shape index (κ2) is 3.82. The molecule has 1 amide bonds. The molecule has 94 valence electrons. The third kappa shape index (κ3) is 1.57. The van der Waals surface area contributed by atoms with Crippen molar-refractivity contribution in [1.29, 1.82) is 0 Å². The Hall–Kier alpha value is -1.36. The maximum atomic E-state index is 13.9. The van der Waals surface area contributed by atoms with E-state index >= 15 is 0 Å². The molecule has 1 aromatic carbocycles. The summed E-state index contributed by atoms with van der Waals surface area (Å²) in [5.74, 6) is -0.593. The van der Waals surface area contributed by atoms with E-state index in [0.29, 0.717) is 15.9 Å². The van der Waals surface area contributed by atoms with Crippen molar-refractivity contribution in [1.82, 2.24) is 4.98 Å². The van der Waals surface area contributed by atoms with Crippen molar-refractivity contribution in [2.24, 2.45) is 5.73 Å². The smallest absolute Gasteiger partial charge is 0.250 e. The molecular formula is C13H12BrFN2O. The van der Waals surface area contributed by atoms with Crippen molar-refractivity contribution in [3.05, 3.63) is 33.2 Å². The van der Waals surface area contributed by atoms with Crippen molar-refractivity contribution in [2.75, 3.05) is 0 Å². The number of H-pyrrole nitrogens is 1. The van der Waals surface area contributed by atoms with Crippen LogP contribution in [0.4, 0.5) is 4.39 Å². The maximum Gasteiger partial charge on any atom is 0.250 e. The summed E-state index contributed by atoms with van der Waals surface area (Å²) in [7, 11) is 0. The zero-order chi connectivity index (χ0) is 13.0. The molecule has 0 bridgehead atoms. The third-order valence-corrected chi connectivity index (χ3v) is 4.23. The number of hydrogen-bond acceptors (Lipinski definition) is 1. The topological polar surface area (TPSA) is 58.9 Å². The molecule has 1 saturated carbocycles. The van der Waals surface area contributed by atoms with E-state index in [1.165, 1.54) is 6.07 Å². The molecule has 1 heterocycles. The maximum absolute atomic E-state index is 13.9. The van der Waals surface area contributed by atoms with E-state index in [-0.39, 0.29) is 5.56 Å². The summed E-state index contributed by atoms with van der Waals surface area (Å²) < 4.78 is 14.3. The average molecular weight is 311 g/mol. The van der Waals surface area contributed by atoms with Gasteiger partial charge in [-0.05, 0) is 53.2 Å². The van der Waals surface area contributed by atoms with Crippen LogP contribution in [0.1, 0.15) is 40.4 Å². The number of aromatic amines is 1. The Kier molecular flexibility index (Phi) is 2.48. The minimum Gasteiger partial charge on any atom is -0.366 e. The highest BCUT2D eigenvalue weighted by molar-refractivity contribution is 9.10. The van der Waals surface area contributed by atoms with Gasteiger partial charge in [-0.25, -0.2) is 4.39 Å². The number of nitrogens with two attached hydrogens (primary N) is 1. The number of primary amides is 1. The molecule has 1 aliphatic rings. The molecule has 1 aliphatic carbocycles. The highest BCUT2D eigenvalue weighted by atomic mass is 79.9. The van der Waals surface area contributed by atoms with Gasteiger partial charge in [0.25, 0.3) is 5.91 Å². The van der Waals surface area contributed by atoms with Crippen LogP contribution in [0.25, 0.3) is 10.9 Å². The standard InChI is InChI=1S/C13H12BrFN2O/c1-5-9(6-2-3-6)10-11(14)8(15)4-7(13(16)18)12(10)17-5/h4,6,17H,2-3H2,1H3,(H2,16,18). The molecule has 0 saturated heterocycles. The lowest BCUT2D eigenvalue weighted by atomic mass is 10.0. The van der Waals surface area contributed by atoms with Gasteiger partial charge in [0.05, 0.1) is 15.6 Å². The fourth-order valence-corrected chi connectivity index (χ4v) is 3.05. The number of aryl methyl sites for hydroxylation is 1. The molecule has 0 spiro atoms. The predicted molar refractivity (Wildman–Crippen MR) is 71.2 cm³/mol. The Morgan fingerprint density at radius 3 is 2.78 bits per heavy atom. The van der Waals surface area contributed by atoms with Crippen molar-refractivity contribution in [3.8, 4) is 0 Å². The van der Waals surface area contributed by atoms with E-state index in [2.05, 4.69) is 20.9 Å². The van der Waals surface area contributed by atoms with Crippen LogP contribution in [0.2, 0.25) is 0 Å². The summed E-state index contributed by atoms with van der Waals surface area (Å²) in [6.45, 7) is 1.95. The van der Waals surface area contributed by atoms with E-state index in [1.54, 1.807) is 0 Å². The molecular weight excluding hydrogens is 299 g/mol. The Balaban J connectivity index is 2.44. The van der Waals surface area contributed by atoms with Gasteiger partial charge in [0.15, 0.2) is 0 Å². The van der Waals surface area contributed by atoms with Crippen LogP contribution >= 0.6 is 15.9 Å². The zero-order valence-electron chi connectivity index (χ0n) is 9.81. The van der Waals surface area contributed by atoms with Crippen molar-refractivity contribution in [3.63, 3.8) is 0 Å². The van der Waals surface area contributed by atoms with E-state index < -0.39 is 11.7 Å². The van der Waals surface area contributed by atoms with Gasteiger partial charge in [-0.3, -0.25) is 4.79 Å². The Labute approximate surface area is 112 Å². The summed E-state index contributed by atoms with van der Waals surface area (Å²) in [6, 6.07) is 1.18. The van der Waals surface area contributed by atoms with Crippen LogP contribution in [0.15, 0.2) is 10.5 Å². The lowest BCUT2D eigenvalue weighted by molar-refractivity contribution is 0.100. The van der Waals surface area contributed by atoms with Crippen LogP contribution in [0.3, 0.4) is 0 Å². The van der Waals surface area contributed by atoms with Crippen LogP contribution in [0.5, 0.6) is 0 Å². The Morgan fingerprint density at radius 2 is 2.22 bits per heavy atom. The minimum atomic E-state index is -0.616. The normalized spacial score (nSPS) is 15.3. The number of amides is 1. The summed E-state index contributed by atoms with van der Waals surface area (Å²) in [5.41, 5.74) is 8.25. The van der Waals surface area contributed by atoms with Crippen LogP contribution < -0.4 is 5.73 Å². The number of benzene rings is 1. The van der Waals surface area contributed by atoms with Crippen molar-refractivity contribution >= 4 is 32.7 Å². The van der Waals surface area contributed by atoms with Gasteiger partial charge < -0.3 is 10.7 Å². The zero-order valence-corrected chi connectivity index (χ0v) is 11.4. The number of fused-ring (bicyclic) bond motifs is 1. The molecule has 1 fully saturated rings. The molecule has 0 aliphatic heterocycles. The molecule has 0 atom stereocenters. The third-order valence-electron chi connectivity index (χ3n) is 3.46. The summed E-state index contributed by atoms with van der Waals surface area (Å²) in [6.07, 6.45) is 2.23. The Bertz CT molecular complexity index is 673.